The lowest BCUT2D eigenvalue weighted by atomic mass is 10.1. The number of anilines is 1. The molecule has 12 heteroatoms. The van der Waals surface area contributed by atoms with Gasteiger partial charge >= 0.3 is 22.2 Å². The molecule has 0 saturated carbocycles. The Balaban J connectivity index is 0.000000178. The van der Waals surface area contributed by atoms with E-state index in [0.29, 0.717) is 22.9 Å². The Bertz CT molecular complexity index is 1710. The van der Waals surface area contributed by atoms with E-state index in [-0.39, 0.29) is 16.3 Å². The maximum Gasteiger partial charge on any atom is 0.339 e. The molecule has 5 rings (SSSR count). The molecular formula is C26H16FNO9S. The minimum atomic E-state index is -5.08. The van der Waals surface area contributed by atoms with Gasteiger partial charge in [0, 0.05) is 10.8 Å². The van der Waals surface area contributed by atoms with Crippen LogP contribution in [0.5, 0.6) is 5.75 Å². The van der Waals surface area contributed by atoms with Gasteiger partial charge in [0.25, 0.3) is 11.8 Å². The van der Waals surface area contributed by atoms with E-state index in [9.17, 15) is 36.6 Å². The molecule has 38 heavy (non-hydrogen) atoms. The number of carbonyl (C=O) groups excluding carboxylic acids is 2. The lowest BCUT2D eigenvalue weighted by Gasteiger charge is -2.13. The van der Waals surface area contributed by atoms with Crippen molar-refractivity contribution >= 4 is 50.4 Å². The minimum absolute atomic E-state index is 0.0337. The molecule has 1 heterocycles. The number of carboxylic acids is 2. The number of nitrogens with zero attached hydrogens (tertiary/aromatic N) is 1. The van der Waals surface area contributed by atoms with E-state index in [0.717, 1.165) is 4.90 Å². The summed E-state index contributed by atoms with van der Waals surface area (Å²) in [5.41, 5.74) is 0.524. The predicted molar refractivity (Wildman–Crippen MR) is 132 cm³/mol. The molecule has 1 aliphatic rings. The SMILES string of the molecule is O=C(O)c1cc(S(=O)(=O)F)c2ccccc2c1O.O=C(O)c1ccc(N2C(=O)c3ccccc3C2=O)cc1. The summed E-state index contributed by atoms with van der Waals surface area (Å²) in [7, 11) is -5.08. The number of aromatic carboxylic acids is 2. The van der Waals surface area contributed by atoms with Crippen molar-refractivity contribution in [2.75, 3.05) is 4.90 Å². The lowest BCUT2D eigenvalue weighted by molar-refractivity contribution is 0.0684. The third-order valence-electron chi connectivity index (χ3n) is 5.64. The molecule has 0 spiro atoms. The maximum absolute atomic E-state index is 13.1. The lowest BCUT2D eigenvalue weighted by Crippen LogP contribution is -2.29. The molecule has 0 fully saturated rings. The molecule has 0 aliphatic carbocycles. The van der Waals surface area contributed by atoms with E-state index in [2.05, 4.69) is 0 Å². The number of amides is 2. The van der Waals surface area contributed by atoms with Gasteiger partial charge in [-0.05, 0) is 42.5 Å². The molecule has 0 atom stereocenters. The van der Waals surface area contributed by atoms with Gasteiger partial charge in [0.05, 0.1) is 22.4 Å². The molecule has 4 aromatic carbocycles. The largest absolute Gasteiger partial charge is 0.506 e. The van der Waals surface area contributed by atoms with Crippen LogP contribution in [0.4, 0.5) is 9.57 Å². The number of imide groups is 1. The molecule has 10 nitrogen and oxygen atoms in total. The third-order valence-corrected chi connectivity index (χ3v) is 6.50. The van der Waals surface area contributed by atoms with E-state index >= 15 is 0 Å². The van der Waals surface area contributed by atoms with Gasteiger partial charge in [-0.1, -0.05) is 36.4 Å². The summed E-state index contributed by atoms with van der Waals surface area (Å²) in [5.74, 6) is -3.98. The fraction of sp³-hybridized carbons (Fsp3) is 0. The number of carboxylic acid groups (broad SMARTS) is 2. The summed E-state index contributed by atoms with van der Waals surface area (Å²) in [6.07, 6.45) is 0. The molecule has 4 aromatic rings. The second-order valence-corrected chi connectivity index (χ2v) is 9.22. The summed E-state index contributed by atoms with van der Waals surface area (Å²) in [6, 6.07) is 18.3. The number of halogens is 1. The number of fused-ring (bicyclic) bond motifs is 2. The average molecular weight is 537 g/mol. The highest BCUT2D eigenvalue weighted by molar-refractivity contribution is 7.86. The van der Waals surface area contributed by atoms with Crippen molar-refractivity contribution in [2.24, 2.45) is 0 Å². The Morgan fingerprint density at radius 3 is 1.71 bits per heavy atom. The van der Waals surface area contributed by atoms with Gasteiger partial charge in [0.2, 0.25) is 0 Å². The molecule has 0 aromatic heterocycles. The Morgan fingerprint density at radius 1 is 0.737 bits per heavy atom. The van der Waals surface area contributed by atoms with Crippen LogP contribution in [0.15, 0.2) is 83.8 Å². The Hall–Kier alpha value is -5.10. The highest BCUT2D eigenvalue weighted by Gasteiger charge is 2.36. The zero-order valence-corrected chi connectivity index (χ0v) is 19.8. The van der Waals surface area contributed by atoms with Gasteiger partial charge in [-0.3, -0.25) is 9.59 Å². The predicted octanol–water partition coefficient (Wildman–Crippen LogP) is 4.09. The van der Waals surface area contributed by atoms with Gasteiger partial charge in [-0.15, -0.1) is 3.89 Å². The van der Waals surface area contributed by atoms with Gasteiger partial charge in [0.1, 0.15) is 16.2 Å². The van der Waals surface area contributed by atoms with E-state index in [1.54, 1.807) is 24.3 Å². The van der Waals surface area contributed by atoms with Crippen LogP contribution < -0.4 is 4.90 Å². The van der Waals surface area contributed by atoms with Crippen molar-refractivity contribution in [1.29, 1.82) is 0 Å². The molecule has 192 valence electrons. The summed E-state index contributed by atoms with van der Waals surface area (Å²) in [4.78, 5) is 46.4. The molecule has 0 radical (unpaired) electrons. The molecular weight excluding hydrogens is 521 g/mol. The monoisotopic (exact) mass is 537 g/mol. The normalized spacial score (nSPS) is 12.6. The molecule has 2 amide bonds. The van der Waals surface area contributed by atoms with Crippen LogP contribution in [0.2, 0.25) is 0 Å². The van der Waals surface area contributed by atoms with Crippen LogP contribution in [0.25, 0.3) is 10.8 Å². The topological polar surface area (TPSA) is 166 Å². The smallest absolute Gasteiger partial charge is 0.339 e. The first kappa shape index (κ1) is 26.0. The number of benzene rings is 4. The fourth-order valence-corrected chi connectivity index (χ4v) is 4.57. The molecule has 0 unspecified atom stereocenters. The molecule has 3 N–H and O–H groups in total. The summed E-state index contributed by atoms with van der Waals surface area (Å²) in [5, 5.41) is 27.3. The fourth-order valence-electron chi connectivity index (χ4n) is 3.87. The van der Waals surface area contributed by atoms with E-state index in [4.69, 9.17) is 10.2 Å². The number of hydrogen-bond donors (Lipinski definition) is 3. The number of carbonyl (C=O) groups is 4. The standard InChI is InChI=1S/C15H9NO4.C11H7FO5S/c17-13-11-3-1-2-4-12(11)14(18)16(13)10-7-5-9(6-8-10)15(19)20;12-18(16,17)9-5-8(11(14)15)10(13)7-4-2-1-3-6(7)9/h1-8H,(H,19,20);1-5,13H,(H,14,15). The second-order valence-electron chi connectivity index (χ2n) is 7.90. The Labute approximate surface area is 214 Å². The summed E-state index contributed by atoms with van der Waals surface area (Å²) >= 11 is 0. The highest BCUT2D eigenvalue weighted by Crippen LogP contribution is 2.34. The van der Waals surface area contributed by atoms with Gasteiger partial charge in [0.15, 0.2) is 0 Å². The van der Waals surface area contributed by atoms with Crippen LogP contribution in [-0.2, 0) is 10.2 Å². The molecule has 0 bridgehead atoms. The van der Waals surface area contributed by atoms with Crippen molar-refractivity contribution in [3.05, 3.63) is 101 Å². The quantitative estimate of drug-likeness (QED) is 0.257. The van der Waals surface area contributed by atoms with Crippen LogP contribution in [0.1, 0.15) is 41.4 Å². The van der Waals surface area contributed by atoms with Crippen LogP contribution in [0, 0.1) is 0 Å². The van der Waals surface area contributed by atoms with Crippen molar-refractivity contribution in [1.82, 2.24) is 0 Å². The first-order chi connectivity index (χ1) is 17.9. The highest BCUT2D eigenvalue weighted by atomic mass is 32.3. The van der Waals surface area contributed by atoms with Gasteiger partial charge in [-0.2, -0.15) is 8.42 Å². The minimum Gasteiger partial charge on any atom is -0.506 e. The van der Waals surface area contributed by atoms with Crippen LogP contribution >= 0.6 is 0 Å². The molecule has 1 aliphatic heterocycles. The van der Waals surface area contributed by atoms with Crippen molar-refractivity contribution in [2.45, 2.75) is 4.90 Å². The van der Waals surface area contributed by atoms with Gasteiger partial charge < -0.3 is 15.3 Å². The first-order valence-corrected chi connectivity index (χ1v) is 12.0. The number of rotatable bonds is 4. The van der Waals surface area contributed by atoms with Crippen molar-refractivity contribution in [3.63, 3.8) is 0 Å². The number of hydrogen-bond acceptors (Lipinski definition) is 7. The average Bonchev–Trinajstić information content (AvgIpc) is 3.14. The molecule has 0 saturated heterocycles. The first-order valence-electron chi connectivity index (χ1n) is 10.7. The van der Waals surface area contributed by atoms with Crippen molar-refractivity contribution < 1.29 is 46.8 Å². The number of phenols is 1. The van der Waals surface area contributed by atoms with Gasteiger partial charge in [-0.25, -0.2) is 14.5 Å². The van der Waals surface area contributed by atoms with E-state index < -0.39 is 50.2 Å². The summed E-state index contributed by atoms with van der Waals surface area (Å²) in [6.45, 7) is 0. The zero-order chi connectivity index (χ0) is 27.8. The van der Waals surface area contributed by atoms with Crippen molar-refractivity contribution in [3.8, 4) is 5.75 Å². The maximum atomic E-state index is 13.1. The van der Waals surface area contributed by atoms with E-state index in [1.807, 2.05) is 0 Å². The number of aromatic hydroxyl groups is 1. The Morgan fingerprint density at radius 2 is 1.24 bits per heavy atom. The third kappa shape index (κ3) is 4.67. The Kier molecular flexibility index (Phi) is 6.66. The van der Waals surface area contributed by atoms with E-state index in [1.165, 1.54) is 48.5 Å². The van der Waals surface area contributed by atoms with Crippen LogP contribution in [-0.4, -0.2) is 47.5 Å². The zero-order valence-electron chi connectivity index (χ0n) is 19.0. The summed E-state index contributed by atoms with van der Waals surface area (Å²) < 4.78 is 35.1. The second kappa shape index (κ2) is 9.75. The van der Waals surface area contributed by atoms with Crippen LogP contribution in [0.3, 0.4) is 0 Å².